The zero-order chi connectivity index (χ0) is 14.5. The predicted molar refractivity (Wildman–Crippen MR) is 72.3 cm³/mol. The van der Waals surface area contributed by atoms with Gasteiger partial charge < -0.3 is 9.64 Å². The Morgan fingerprint density at radius 1 is 1.35 bits per heavy atom. The van der Waals surface area contributed by atoms with Crippen LogP contribution in [0.2, 0.25) is 5.15 Å². The molecule has 20 heavy (non-hydrogen) atoms. The third-order valence-electron chi connectivity index (χ3n) is 3.24. The number of aromatic nitrogens is 2. The standard InChI is InChI=1S/C13H16ClN3O3/c1-2-20-13(19)9-3-5-17(6-4-9)12(18)10-7-16-11(14)8-15-10/h7-9H,2-6H2,1H3. The molecule has 108 valence electrons. The number of hydrogen-bond donors (Lipinski definition) is 0. The first kappa shape index (κ1) is 14.7. The second-order valence-electron chi connectivity index (χ2n) is 4.54. The van der Waals surface area contributed by atoms with Crippen molar-refractivity contribution in [2.75, 3.05) is 19.7 Å². The van der Waals surface area contributed by atoms with Crippen molar-refractivity contribution in [1.82, 2.24) is 14.9 Å². The lowest BCUT2D eigenvalue weighted by atomic mass is 9.97. The van der Waals surface area contributed by atoms with Gasteiger partial charge in [-0.3, -0.25) is 9.59 Å². The summed E-state index contributed by atoms with van der Waals surface area (Å²) >= 11 is 5.64. The molecule has 1 aromatic rings. The maximum Gasteiger partial charge on any atom is 0.309 e. The van der Waals surface area contributed by atoms with Gasteiger partial charge >= 0.3 is 5.97 Å². The SMILES string of the molecule is CCOC(=O)C1CCN(C(=O)c2cnc(Cl)cn2)CC1. The van der Waals surface area contributed by atoms with E-state index in [1.54, 1.807) is 11.8 Å². The first-order valence-electron chi connectivity index (χ1n) is 6.55. The molecule has 0 N–H and O–H groups in total. The van der Waals surface area contributed by atoms with E-state index in [0.717, 1.165) is 0 Å². The van der Waals surface area contributed by atoms with E-state index in [1.165, 1.54) is 12.4 Å². The second-order valence-corrected chi connectivity index (χ2v) is 4.93. The highest BCUT2D eigenvalue weighted by atomic mass is 35.5. The summed E-state index contributed by atoms with van der Waals surface area (Å²) < 4.78 is 5.00. The molecule has 0 radical (unpaired) electrons. The number of amides is 1. The number of likely N-dealkylation sites (tertiary alicyclic amines) is 1. The molecule has 2 heterocycles. The fourth-order valence-electron chi connectivity index (χ4n) is 2.16. The summed E-state index contributed by atoms with van der Waals surface area (Å²) in [4.78, 5) is 33.3. The minimum atomic E-state index is -0.184. The molecule has 0 spiro atoms. The molecule has 0 aliphatic carbocycles. The summed E-state index contributed by atoms with van der Waals surface area (Å²) in [6.07, 6.45) is 3.94. The minimum absolute atomic E-state index is 0.115. The number of piperidine rings is 1. The normalized spacial score (nSPS) is 16.0. The van der Waals surface area contributed by atoms with Crippen LogP contribution in [0.15, 0.2) is 12.4 Å². The Morgan fingerprint density at radius 2 is 2.05 bits per heavy atom. The summed E-state index contributed by atoms with van der Waals surface area (Å²) in [5.74, 6) is -0.474. The van der Waals surface area contributed by atoms with Crippen LogP contribution in [-0.2, 0) is 9.53 Å². The second kappa shape index (κ2) is 6.65. The van der Waals surface area contributed by atoms with Crippen molar-refractivity contribution < 1.29 is 14.3 Å². The fourth-order valence-corrected chi connectivity index (χ4v) is 2.26. The van der Waals surface area contributed by atoms with E-state index in [9.17, 15) is 9.59 Å². The lowest BCUT2D eigenvalue weighted by Gasteiger charge is -2.30. The topological polar surface area (TPSA) is 72.4 Å². The Balaban J connectivity index is 1.92. The van der Waals surface area contributed by atoms with Crippen molar-refractivity contribution >= 4 is 23.5 Å². The van der Waals surface area contributed by atoms with E-state index in [4.69, 9.17) is 16.3 Å². The molecule has 0 saturated carbocycles. The number of carbonyl (C=O) groups excluding carboxylic acids is 2. The van der Waals surface area contributed by atoms with E-state index < -0.39 is 0 Å². The van der Waals surface area contributed by atoms with Gasteiger partial charge in [0.1, 0.15) is 10.8 Å². The summed E-state index contributed by atoms with van der Waals surface area (Å²) in [5.41, 5.74) is 0.268. The Labute approximate surface area is 122 Å². The van der Waals surface area contributed by atoms with Gasteiger partial charge in [0.05, 0.1) is 24.9 Å². The highest BCUT2D eigenvalue weighted by Gasteiger charge is 2.29. The van der Waals surface area contributed by atoms with Crippen molar-refractivity contribution in [3.8, 4) is 0 Å². The van der Waals surface area contributed by atoms with Gasteiger partial charge in [0.2, 0.25) is 0 Å². The van der Waals surface area contributed by atoms with Crippen molar-refractivity contribution in [3.05, 3.63) is 23.2 Å². The average molecular weight is 298 g/mol. The highest BCUT2D eigenvalue weighted by molar-refractivity contribution is 6.29. The van der Waals surface area contributed by atoms with Crippen LogP contribution >= 0.6 is 11.6 Å². The summed E-state index contributed by atoms with van der Waals surface area (Å²) in [5, 5.41) is 0.252. The number of ether oxygens (including phenoxy) is 1. The van der Waals surface area contributed by atoms with Gasteiger partial charge in [0.25, 0.3) is 5.91 Å². The Hall–Kier alpha value is -1.69. The number of hydrogen-bond acceptors (Lipinski definition) is 5. The number of rotatable bonds is 3. The van der Waals surface area contributed by atoms with Gasteiger partial charge in [-0.2, -0.15) is 0 Å². The number of carbonyl (C=O) groups is 2. The highest BCUT2D eigenvalue weighted by Crippen LogP contribution is 2.20. The largest absolute Gasteiger partial charge is 0.466 e. The van der Waals surface area contributed by atoms with E-state index in [2.05, 4.69) is 9.97 Å². The summed E-state index contributed by atoms with van der Waals surface area (Å²) in [6, 6.07) is 0. The molecule has 0 bridgehead atoms. The minimum Gasteiger partial charge on any atom is -0.466 e. The van der Waals surface area contributed by atoms with Crippen LogP contribution in [0.3, 0.4) is 0 Å². The molecular formula is C13H16ClN3O3. The van der Waals surface area contributed by atoms with E-state index in [0.29, 0.717) is 32.5 Å². The summed E-state index contributed by atoms with van der Waals surface area (Å²) in [7, 11) is 0. The maximum absolute atomic E-state index is 12.2. The third-order valence-corrected chi connectivity index (χ3v) is 3.44. The van der Waals surface area contributed by atoms with Crippen LogP contribution in [-0.4, -0.2) is 46.4 Å². The number of nitrogens with zero attached hydrogens (tertiary/aromatic N) is 3. The van der Waals surface area contributed by atoms with Gasteiger partial charge in [-0.05, 0) is 19.8 Å². The molecule has 1 aliphatic rings. The van der Waals surface area contributed by atoms with Crippen molar-refractivity contribution in [1.29, 1.82) is 0 Å². The van der Waals surface area contributed by atoms with Crippen LogP contribution in [0.25, 0.3) is 0 Å². The molecule has 1 aromatic heterocycles. The van der Waals surface area contributed by atoms with Crippen molar-refractivity contribution in [2.45, 2.75) is 19.8 Å². The predicted octanol–water partition coefficient (Wildman–Crippen LogP) is 1.55. The lowest BCUT2D eigenvalue weighted by Crippen LogP contribution is -2.41. The Morgan fingerprint density at radius 3 is 2.60 bits per heavy atom. The van der Waals surface area contributed by atoms with Gasteiger partial charge in [-0.25, -0.2) is 9.97 Å². The Bertz CT molecular complexity index is 484. The molecule has 1 saturated heterocycles. The molecule has 0 aromatic carbocycles. The molecule has 1 aliphatic heterocycles. The quantitative estimate of drug-likeness (QED) is 0.791. The summed E-state index contributed by atoms with van der Waals surface area (Å²) in [6.45, 7) is 3.22. The molecule has 1 amide bonds. The molecule has 7 heteroatoms. The molecule has 1 fully saturated rings. The van der Waals surface area contributed by atoms with Crippen LogP contribution in [0.5, 0.6) is 0 Å². The monoisotopic (exact) mass is 297 g/mol. The third kappa shape index (κ3) is 3.45. The number of esters is 1. The first-order valence-corrected chi connectivity index (χ1v) is 6.93. The zero-order valence-corrected chi connectivity index (χ0v) is 12.0. The van der Waals surface area contributed by atoms with Gasteiger partial charge in [0.15, 0.2) is 0 Å². The first-order chi connectivity index (χ1) is 9.61. The van der Waals surface area contributed by atoms with Gasteiger partial charge in [0, 0.05) is 13.1 Å². The van der Waals surface area contributed by atoms with Crippen LogP contribution in [0, 0.1) is 5.92 Å². The van der Waals surface area contributed by atoms with Crippen molar-refractivity contribution in [2.24, 2.45) is 5.92 Å². The van der Waals surface area contributed by atoms with Crippen LogP contribution in [0.4, 0.5) is 0 Å². The van der Waals surface area contributed by atoms with Crippen LogP contribution in [0.1, 0.15) is 30.3 Å². The van der Waals surface area contributed by atoms with Crippen LogP contribution < -0.4 is 0 Å². The molecule has 0 unspecified atom stereocenters. The zero-order valence-electron chi connectivity index (χ0n) is 11.2. The van der Waals surface area contributed by atoms with E-state index in [-0.39, 0.29) is 28.6 Å². The molecule has 0 atom stereocenters. The molecule has 2 rings (SSSR count). The van der Waals surface area contributed by atoms with Crippen molar-refractivity contribution in [3.63, 3.8) is 0 Å². The fraction of sp³-hybridized carbons (Fsp3) is 0.538. The smallest absolute Gasteiger partial charge is 0.309 e. The average Bonchev–Trinajstić information content (AvgIpc) is 2.48. The Kier molecular flexibility index (Phi) is 4.89. The van der Waals surface area contributed by atoms with Gasteiger partial charge in [-0.15, -0.1) is 0 Å². The maximum atomic E-state index is 12.2. The van der Waals surface area contributed by atoms with E-state index >= 15 is 0 Å². The van der Waals surface area contributed by atoms with Gasteiger partial charge in [-0.1, -0.05) is 11.6 Å². The van der Waals surface area contributed by atoms with E-state index in [1.807, 2.05) is 0 Å². The molecular weight excluding hydrogens is 282 g/mol. The molecule has 6 nitrogen and oxygen atoms in total. The number of halogens is 1. The lowest BCUT2D eigenvalue weighted by molar-refractivity contribution is -0.149.